The maximum atomic E-state index is 14.0. The second-order valence-corrected chi connectivity index (χ2v) is 8.66. The standard InChI is InChI=1S/C16H18F2O4.C7H7N3/c1-15(2)21-11-7-19-14(13(11)22-15)12-9-5-3-4-6-10(9)16(17,18)8-20-12;1-5-6-2-3-8-7(6)10-4-9-5/h3-6,11-14H,7-8H2,1-2H3;2-4H,1H3,(H,8,9,10). The summed E-state index contributed by atoms with van der Waals surface area (Å²) in [5.41, 5.74) is 2.41. The lowest BCUT2D eigenvalue weighted by atomic mass is 9.90. The fourth-order valence-electron chi connectivity index (χ4n) is 4.55. The van der Waals surface area contributed by atoms with Crippen LogP contribution in [0.25, 0.3) is 11.0 Å². The summed E-state index contributed by atoms with van der Waals surface area (Å²) in [7, 11) is 0. The van der Waals surface area contributed by atoms with Gasteiger partial charge in [0.15, 0.2) is 5.79 Å². The van der Waals surface area contributed by atoms with Gasteiger partial charge in [-0.3, -0.25) is 0 Å². The Bertz CT molecular complexity index is 1120. The van der Waals surface area contributed by atoms with Crippen LogP contribution >= 0.6 is 0 Å². The summed E-state index contributed by atoms with van der Waals surface area (Å²) in [5.74, 6) is -3.66. The number of aromatic nitrogens is 3. The van der Waals surface area contributed by atoms with Crippen molar-refractivity contribution in [3.63, 3.8) is 0 Å². The van der Waals surface area contributed by atoms with E-state index < -0.39 is 30.5 Å². The van der Waals surface area contributed by atoms with Gasteiger partial charge in [-0.05, 0) is 32.4 Å². The van der Waals surface area contributed by atoms with E-state index in [1.807, 2.05) is 33.0 Å². The number of hydrogen-bond donors (Lipinski definition) is 1. The van der Waals surface area contributed by atoms with Crippen LogP contribution in [0.4, 0.5) is 8.78 Å². The van der Waals surface area contributed by atoms with Crippen molar-refractivity contribution in [3.8, 4) is 0 Å². The molecule has 1 N–H and O–H groups in total. The molecular formula is C23H25F2N3O4. The molecule has 5 heterocycles. The van der Waals surface area contributed by atoms with Crippen LogP contribution < -0.4 is 0 Å². The van der Waals surface area contributed by atoms with E-state index in [1.165, 1.54) is 6.07 Å². The Morgan fingerprint density at radius 1 is 1.03 bits per heavy atom. The lowest BCUT2D eigenvalue weighted by molar-refractivity contribution is -0.202. The Labute approximate surface area is 184 Å². The largest absolute Gasteiger partial charge is 0.370 e. The molecule has 9 heteroatoms. The summed E-state index contributed by atoms with van der Waals surface area (Å²) in [5, 5.41) is 1.10. The first kappa shape index (κ1) is 21.4. The normalized spacial score (nSPS) is 29.8. The van der Waals surface area contributed by atoms with Crippen molar-refractivity contribution >= 4 is 11.0 Å². The number of benzene rings is 1. The van der Waals surface area contributed by atoms with E-state index in [0.29, 0.717) is 12.2 Å². The maximum absolute atomic E-state index is 14.0. The van der Waals surface area contributed by atoms with Gasteiger partial charge in [-0.15, -0.1) is 0 Å². The Kier molecular flexibility index (Phi) is 5.24. The molecule has 4 atom stereocenters. The highest BCUT2D eigenvalue weighted by atomic mass is 19.3. The van der Waals surface area contributed by atoms with Gasteiger partial charge in [0.25, 0.3) is 5.92 Å². The summed E-state index contributed by atoms with van der Waals surface area (Å²) in [6.07, 6.45) is 1.94. The van der Waals surface area contributed by atoms with Crippen molar-refractivity contribution in [3.05, 3.63) is 59.7 Å². The molecule has 2 aromatic heterocycles. The number of hydrogen-bond acceptors (Lipinski definition) is 6. The molecular weight excluding hydrogens is 420 g/mol. The number of nitrogens with zero attached hydrogens (tertiary/aromatic N) is 2. The highest BCUT2D eigenvalue weighted by Gasteiger charge is 2.55. The number of H-pyrrole nitrogens is 1. The number of aromatic amines is 1. The first-order valence-electron chi connectivity index (χ1n) is 10.6. The fraction of sp³-hybridized carbons (Fsp3) is 0.478. The third-order valence-corrected chi connectivity index (χ3v) is 5.96. The smallest absolute Gasteiger partial charge is 0.296 e. The number of nitrogens with one attached hydrogen (secondary N) is 1. The van der Waals surface area contributed by atoms with Crippen LogP contribution in [0.15, 0.2) is 42.9 Å². The van der Waals surface area contributed by atoms with Crippen LogP contribution in [0.5, 0.6) is 0 Å². The van der Waals surface area contributed by atoms with E-state index in [0.717, 1.165) is 16.7 Å². The van der Waals surface area contributed by atoms with Crippen molar-refractivity contribution in [1.29, 1.82) is 0 Å². The van der Waals surface area contributed by atoms with Crippen LogP contribution in [0.1, 0.15) is 36.8 Å². The van der Waals surface area contributed by atoms with Gasteiger partial charge in [-0.2, -0.15) is 8.78 Å². The molecule has 0 spiro atoms. The molecule has 6 rings (SSSR count). The molecule has 2 saturated heterocycles. The van der Waals surface area contributed by atoms with Gasteiger partial charge in [0, 0.05) is 17.1 Å². The third-order valence-electron chi connectivity index (χ3n) is 5.96. The average molecular weight is 445 g/mol. The molecule has 170 valence electrons. The number of aryl methyl sites for hydroxylation is 1. The number of fused-ring (bicyclic) bond motifs is 3. The Morgan fingerprint density at radius 3 is 2.66 bits per heavy atom. The molecule has 0 saturated carbocycles. The lowest BCUT2D eigenvalue weighted by Gasteiger charge is -2.35. The van der Waals surface area contributed by atoms with Crippen LogP contribution in [0.2, 0.25) is 0 Å². The first-order valence-corrected chi connectivity index (χ1v) is 10.6. The van der Waals surface area contributed by atoms with Gasteiger partial charge in [0.1, 0.15) is 43.0 Å². The second-order valence-electron chi connectivity index (χ2n) is 8.66. The molecule has 3 aromatic rings. The molecule has 0 radical (unpaired) electrons. The van der Waals surface area contributed by atoms with Crippen molar-refractivity contribution < 1.29 is 27.7 Å². The Morgan fingerprint density at radius 2 is 1.84 bits per heavy atom. The number of rotatable bonds is 1. The number of halogens is 2. The maximum Gasteiger partial charge on any atom is 0.296 e. The van der Waals surface area contributed by atoms with E-state index in [4.69, 9.17) is 18.9 Å². The highest BCUT2D eigenvalue weighted by molar-refractivity contribution is 5.77. The molecule has 3 aliphatic rings. The van der Waals surface area contributed by atoms with Crippen LogP contribution in [0, 0.1) is 6.92 Å². The summed E-state index contributed by atoms with van der Waals surface area (Å²) >= 11 is 0. The number of alkyl halides is 2. The third kappa shape index (κ3) is 3.79. The van der Waals surface area contributed by atoms with Crippen LogP contribution in [0.3, 0.4) is 0 Å². The van der Waals surface area contributed by atoms with E-state index in [-0.39, 0.29) is 17.8 Å². The topological polar surface area (TPSA) is 78.5 Å². The molecule has 0 amide bonds. The van der Waals surface area contributed by atoms with E-state index in [9.17, 15) is 8.78 Å². The van der Waals surface area contributed by atoms with Gasteiger partial charge >= 0.3 is 0 Å². The second kappa shape index (κ2) is 7.84. The molecule has 0 bridgehead atoms. The van der Waals surface area contributed by atoms with E-state index in [2.05, 4.69) is 15.0 Å². The molecule has 32 heavy (non-hydrogen) atoms. The predicted molar refractivity (Wildman–Crippen MR) is 111 cm³/mol. The zero-order chi connectivity index (χ0) is 22.5. The van der Waals surface area contributed by atoms with Gasteiger partial charge < -0.3 is 23.9 Å². The van der Waals surface area contributed by atoms with Crippen LogP contribution in [-0.4, -0.2) is 52.3 Å². The Balaban J connectivity index is 0.000000180. The lowest BCUT2D eigenvalue weighted by Crippen LogP contribution is -2.40. The summed E-state index contributed by atoms with van der Waals surface area (Å²) in [6, 6.07) is 8.45. The molecule has 0 aliphatic carbocycles. The minimum absolute atomic E-state index is 0.0106. The molecule has 1 aromatic carbocycles. The average Bonchev–Trinajstić information content (AvgIpc) is 3.44. The summed E-state index contributed by atoms with van der Waals surface area (Å²) < 4.78 is 50.9. The molecule has 3 aliphatic heterocycles. The van der Waals surface area contributed by atoms with Crippen LogP contribution in [-0.2, 0) is 24.9 Å². The molecule has 2 fully saturated rings. The van der Waals surface area contributed by atoms with E-state index in [1.54, 1.807) is 24.5 Å². The zero-order valence-corrected chi connectivity index (χ0v) is 18.0. The highest BCUT2D eigenvalue weighted by Crippen LogP contribution is 2.46. The number of ether oxygens (including phenoxy) is 4. The predicted octanol–water partition coefficient (Wildman–Crippen LogP) is 4.03. The molecule has 4 unspecified atom stereocenters. The zero-order valence-electron chi connectivity index (χ0n) is 18.0. The SMILES string of the molecule is CC1(C)OC2COC(C3OCC(F)(F)c4ccccc43)C2O1.Cc1ncnc2[nH]ccc12. The quantitative estimate of drug-likeness (QED) is 0.609. The Hall–Kier alpha value is -2.46. The first-order chi connectivity index (χ1) is 15.3. The summed E-state index contributed by atoms with van der Waals surface area (Å²) in [4.78, 5) is 11.1. The van der Waals surface area contributed by atoms with Gasteiger partial charge in [-0.25, -0.2) is 9.97 Å². The van der Waals surface area contributed by atoms with Gasteiger partial charge in [0.2, 0.25) is 0 Å². The minimum atomic E-state index is -2.97. The van der Waals surface area contributed by atoms with Crippen molar-refractivity contribution in [2.75, 3.05) is 13.2 Å². The van der Waals surface area contributed by atoms with Gasteiger partial charge in [0.05, 0.1) is 12.3 Å². The van der Waals surface area contributed by atoms with Crippen molar-refractivity contribution in [1.82, 2.24) is 15.0 Å². The van der Waals surface area contributed by atoms with E-state index >= 15 is 0 Å². The fourth-order valence-corrected chi connectivity index (χ4v) is 4.55. The van der Waals surface area contributed by atoms with Crippen molar-refractivity contribution in [2.45, 2.75) is 56.9 Å². The minimum Gasteiger partial charge on any atom is -0.370 e. The van der Waals surface area contributed by atoms with Crippen molar-refractivity contribution in [2.24, 2.45) is 0 Å². The summed E-state index contributed by atoms with van der Waals surface area (Å²) in [6.45, 7) is 5.39. The molecule has 7 nitrogen and oxygen atoms in total. The monoisotopic (exact) mass is 445 g/mol. The van der Waals surface area contributed by atoms with Gasteiger partial charge in [-0.1, -0.05) is 24.3 Å².